The minimum Gasteiger partial charge on any atom is -0.340 e. The predicted octanol–water partition coefficient (Wildman–Crippen LogP) is 2.44. The fourth-order valence-corrected chi connectivity index (χ4v) is 2.39. The molecule has 0 aliphatic carbocycles. The molecule has 1 rings (SSSR count). The average molecular weight is 251 g/mol. The summed E-state index contributed by atoms with van der Waals surface area (Å²) in [7, 11) is 1.94. The van der Waals surface area contributed by atoms with E-state index in [0.29, 0.717) is 6.04 Å². The first kappa shape index (κ1) is 14.1. The van der Waals surface area contributed by atoms with Crippen molar-refractivity contribution in [2.24, 2.45) is 7.05 Å². The highest BCUT2D eigenvalue weighted by atomic mass is 32.2. The zero-order valence-corrected chi connectivity index (χ0v) is 11.9. The van der Waals surface area contributed by atoms with Crippen LogP contribution in [0.3, 0.4) is 0 Å². The Bertz CT molecular complexity index is 404. The molecule has 1 aromatic rings. The monoisotopic (exact) mass is 251 g/mol. The highest BCUT2D eigenvalue weighted by molar-refractivity contribution is 7.99. The maximum Gasteiger partial charge on any atom is 0.120 e. The number of hydrogen-bond donors (Lipinski definition) is 1. The number of nitrogens with one attached hydrogen (secondary N) is 1. The highest BCUT2D eigenvalue weighted by Gasteiger charge is 2.09. The summed E-state index contributed by atoms with van der Waals surface area (Å²) in [6, 6.07) is 4.69. The van der Waals surface area contributed by atoms with Crippen molar-refractivity contribution in [3.63, 3.8) is 0 Å². The van der Waals surface area contributed by atoms with E-state index in [4.69, 9.17) is 5.26 Å². The first-order valence-corrected chi connectivity index (χ1v) is 7.12. The smallest absolute Gasteiger partial charge is 0.120 e. The molecule has 0 radical (unpaired) electrons. The van der Waals surface area contributed by atoms with E-state index in [0.717, 1.165) is 23.7 Å². The second-order valence-electron chi connectivity index (χ2n) is 4.25. The van der Waals surface area contributed by atoms with Gasteiger partial charge in [-0.05, 0) is 31.2 Å². The molecule has 1 unspecified atom stereocenters. The van der Waals surface area contributed by atoms with E-state index in [2.05, 4.69) is 32.2 Å². The number of nitrogens with zero attached hydrogens (tertiary/aromatic N) is 2. The van der Waals surface area contributed by atoms with Crippen LogP contribution in [0.4, 0.5) is 0 Å². The summed E-state index contributed by atoms with van der Waals surface area (Å²) >= 11 is 1.95. The maximum atomic E-state index is 8.96. The zero-order chi connectivity index (χ0) is 12.8. The van der Waals surface area contributed by atoms with Crippen LogP contribution < -0.4 is 5.32 Å². The molecule has 0 saturated heterocycles. The summed E-state index contributed by atoms with van der Waals surface area (Å²) in [6.45, 7) is 7.28. The van der Waals surface area contributed by atoms with E-state index in [1.807, 2.05) is 29.4 Å². The molecule has 4 heteroatoms. The van der Waals surface area contributed by atoms with Crippen molar-refractivity contribution < 1.29 is 0 Å². The van der Waals surface area contributed by atoms with Crippen molar-refractivity contribution in [2.75, 3.05) is 11.5 Å². The fourth-order valence-electron chi connectivity index (χ4n) is 1.69. The van der Waals surface area contributed by atoms with Crippen LogP contribution >= 0.6 is 11.8 Å². The topological polar surface area (TPSA) is 40.8 Å². The molecule has 0 aromatic carbocycles. The highest BCUT2D eigenvalue weighted by Crippen LogP contribution is 2.13. The number of nitriles is 1. The molecule has 0 spiro atoms. The lowest BCUT2D eigenvalue weighted by Crippen LogP contribution is -2.27. The standard InChI is InChI=1S/C13H21N3S/c1-5-17-9-10(2)15-8-12-6-13(7-14)16(4)11(12)3/h6,10,15H,5,8-9H2,1-4H3. The Morgan fingerprint density at radius 1 is 1.59 bits per heavy atom. The molecular weight excluding hydrogens is 230 g/mol. The van der Waals surface area contributed by atoms with Crippen molar-refractivity contribution in [1.29, 1.82) is 5.26 Å². The van der Waals surface area contributed by atoms with Crippen molar-refractivity contribution in [3.05, 3.63) is 23.0 Å². The number of thioether (sulfide) groups is 1. The van der Waals surface area contributed by atoms with Crippen LogP contribution in [0.5, 0.6) is 0 Å². The normalized spacial score (nSPS) is 12.4. The number of rotatable bonds is 6. The molecule has 0 saturated carbocycles. The van der Waals surface area contributed by atoms with Crippen LogP contribution in [-0.2, 0) is 13.6 Å². The van der Waals surface area contributed by atoms with Gasteiger partial charge in [-0.1, -0.05) is 6.92 Å². The van der Waals surface area contributed by atoms with Gasteiger partial charge in [-0.3, -0.25) is 0 Å². The molecule has 17 heavy (non-hydrogen) atoms. The molecule has 0 aliphatic heterocycles. The largest absolute Gasteiger partial charge is 0.340 e. The second-order valence-corrected chi connectivity index (χ2v) is 5.57. The van der Waals surface area contributed by atoms with Crippen LogP contribution in [0.2, 0.25) is 0 Å². The summed E-state index contributed by atoms with van der Waals surface area (Å²) in [6.07, 6.45) is 0. The van der Waals surface area contributed by atoms with Gasteiger partial charge in [0.25, 0.3) is 0 Å². The number of aromatic nitrogens is 1. The molecule has 1 atom stereocenters. The minimum absolute atomic E-state index is 0.505. The predicted molar refractivity (Wildman–Crippen MR) is 74.2 cm³/mol. The molecule has 0 aliphatic rings. The molecule has 0 amide bonds. The van der Waals surface area contributed by atoms with Crippen molar-refractivity contribution in [1.82, 2.24) is 9.88 Å². The maximum absolute atomic E-state index is 8.96. The lowest BCUT2D eigenvalue weighted by molar-refractivity contribution is 0.593. The SMILES string of the molecule is CCSCC(C)NCc1cc(C#N)n(C)c1C. The van der Waals surface area contributed by atoms with Crippen molar-refractivity contribution in [3.8, 4) is 6.07 Å². The van der Waals surface area contributed by atoms with Gasteiger partial charge in [0.05, 0.1) is 0 Å². The molecule has 1 heterocycles. The number of hydrogen-bond acceptors (Lipinski definition) is 3. The third-order valence-corrected chi connectivity index (χ3v) is 4.11. The van der Waals surface area contributed by atoms with E-state index in [-0.39, 0.29) is 0 Å². The lowest BCUT2D eigenvalue weighted by Gasteiger charge is -2.12. The van der Waals surface area contributed by atoms with Gasteiger partial charge in [-0.15, -0.1) is 0 Å². The van der Waals surface area contributed by atoms with Crippen LogP contribution in [0, 0.1) is 18.3 Å². The van der Waals surface area contributed by atoms with E-state index >= 15 is 0 Å². The Kier molecular flexibility index (Phi) is 5.60. The van der Waals surface area contributed by atoms with Crippen LogP contribution in [0.25, 0.3) is 0 Å². The Morgan fingerprint density at radius 2 is 2.29 bits per heavy atom. The molecular formula is C13H21N3S. The Hall–Kier alpha value is -0.920. The Labute approximate surface area is 108 Å². The summed E-state index contributed by atoms with van der Waals surface area (Å²) in [5.74, 6) is 2.29. The van der Waals surface area contributed by atoms with Crippen LogP contribution in [-0.4, -0.2) is 22.1 Å². The summed E-state index contributed by atoms with van der Waals surface area (Å²) < 4.78 is 1.95. The quantitative estimate of drug-likeness (QED) is 0.844. The van der Waals surface area contributed by atoms with Gasteiger partial charge in [-0.25, -0.2) is 0 Å². The van der Waals surface area contributed by atoms with Gasteiger partial charge in [0.1, 0.15) is 11.8 Å². The Morgan fingerprint density at radius 3 is 2.82 bits per heavy atom. The third-order valence-electron chi connectivity index (χ3n) is 2.97. The minimum atomic E-state index is 0.505. The second kappa shape index (κ2) is 6.73. The summed E-state index contributed by atoms with van der Waals surface area (Å²) in [5.41, 5.74) is 3.12. The molecule has 1 aromatic heterocycles. The molecule has 1 N–H and O–H groups in total. The van der Waals surface area contributed by atoms with Gasteiger partial charge < -0.3 is 9.88 Å². The van der Waals surface area contributed by atoms with Crippen LogP contribution in [0.1, 0.15) is 30.8 Å². The van der Waals surface area contributed by atoms with E-state index in [9.17, 15) is 0 Å². The van der Waals surface area contributed by atoms with E-state index in [1.54, 1.807) is 0 Å². The fraction of sp³-hybridized carbons (Fsp3) is 0.615. The molecule has 0 bridgehead atoms. The van der Waals surface area contributed by atoms with Crippen LogP contribution in [0.15, 0.2) is 6.07 Å². The first-order valence-electron chi connectivity index (χ1n) is 5.96. The van der Waals surface area contributed by atoms with Gasteiger partial charge in [0.15, 0.2) is 0 Å². The molecule has 0 fully saturated rings. The van der Waals surface area contributed by atoms with E-state index in [1.165, 1.54) is 11.3 Å². The van der Waals surface area contributed by atoms with Gasteiger partial charge >= 0.3 is 0 Å². The first-order chi connectivity index (χ1) is 8.10. The zero-order valence-electron chi connectivity index (χ0n) is 11.1. The third kappa shape index (κ3) is 3.79. The summed E-state index contributed by atoms with van der Waals surface area (Å²) in [4.78, 5) is 0. The summed E-state index contributed by atoms with van der Waals surface area (Å²) in [5, 5.41) is 12.5. The van der Waals surface area contributed by atoms with Gasteiger partial charge in [0.2, 0.25) is 0 Å². The van der Waals surface area contributed by atoms with Gasteiger partial charge in [-0.2, -0.15) is 17.0 Å². The van der Waals surface area contributed by atoms with Crippen molar-refractivity contribution >= 4 is 11.8 Å². The van der Waals surface area contributed by atoms with Crippen molar-refractivity contribution in [2.45, 2.75) is 33.4 Å². The van der Waals surface area contributed by atoms with E-state index < -0.39 is 0 Å². The Balaban J connectivity index is 2.55. The molecule has 3 nitrogen and oxygen atoms in total. The van der Waals surface area contributed by atoms with Gasteiger partial charge in [0, 0.05) is 31.1 Å². The lowest BCUT2D eigenvalue weighted by atomic mass is 10.2. The average Bonchev–Trinajstić information content (AvgIpc) is 2.61. The molecule has 94 valence electrons.